The second kappa shape index (κ2) is 7.25. The Labute approximate surface area is 145 Å². The molecule has 0 spiro atoms. The lowest BCUT2D eigenvalue weighted by molar-refractivity contribution is -0.119. The Kier molecular flexibility index (Phi) is 5.08. The number of hydrogen-bond donors (Lipinski definition) is 1. The van der Waals surface area contributed by atoms with Crippen molar-refractivity contribution in [3.63, 3.8) is 0 Å². The number of methoxy groups -OCH3 is 1. The molecule has 0 atom stereocenters. The fraction of sp³-hybridized carbons (Fsp3) is 0.600. The molecule has 9 heteroatoms. The number of nitrogens with one attached hydrogen (secondary N) is 1. The maximum Gasteiger partial charge on any atom is 0.243 e. The lowest BCUT2D eigenvalue weighted by Crippen LogP contribution is -2.33. The molecule has 1 saturated carbocycles. The summed E-state index contributed by atoms with van der Waals surface area (Å²) in [6.45, 7) is 0. The number of amides is 1. The molecule has 3 rings (SSSR count). The number of nitrogens with zero attached hydrogens (tertiary/aromatic N) is 5. The van der Waals surface area contributed by atoms with E-state index < -0.39 is 0 Å². The highest BCUT2D eigenvalue weighted by Crippen LogP contribution is 2.29. The molecule has 2 aromatic rings. The Balaban J connectivity index is 1.65. The van der Waals surface area contributed by atoms with Crippen LogP contribution in [0.3, 0.4) is 0 Å². The van der Waals surface area contributed by atoms with Crippen LogP contribution in [0.2, 0.25) is 0 Å². The van der Waals surface area contributed by atoms with Crippen molar-refractivity contribution in [1.29, 1.82) is 0 Å². The van der Waals surface area contributed by atoms with Crippen LogP contribution in [0.25, 0.3) is 11.4 Å². The number of ether oxygens (including phenoxy) is 1. The Bertz CT molecular complexity index is 720. The minimum Gasteiger partial charge on any atom is -0.479 e. The number of carbonyl (C=O) groups excluding carboxylic acids is 1. The predicted octanol–water partition coefficient (Wildman–Crippen LogP) is 1.38. The number of aromatic nitrogens is 5. The van der Waals surface area contributed by atoms with Crippen LogP contribution < -0.4 is 10.1 Å². The monoisotopic (exact) mass is 350 g/mol. The number of hydrogen-bond acceptors (Lipinski definition) is 6. The van der Waals surface area contributed by atoms with Crippen molar-refractivity contribution in [3.8, 4) is 17.3 Å². The lowest BCUT2D eigenvalue weighted by atomic mass is 10.2. The summed E-state index contributed by atoms with van der Waals surface area (Å²) in [6.07, 6.45) is 6.43. The molecule has 0 aromatic carbocycles. The van der Waals surface area contributed by atoms with E-state index in [2.05, 4.69) is 20.6 Å². The SMILES string of the molecule is COc1nn(C)cc1-c1nnc(SCC(=O)NC2CCCC2)n1C. The molecule has 1 amide bonds. The van der Waals surface area contributed by atoms with Gasteiger partial charge in [0.05, 0.1) is 12.9 Å². The van der Waals surface area contributed by atoms with Gasteiger partial charge < -0.3 is 14.6 Å². The van der Waals surface area contributed by atoms with Gasteiger partial charge in [-0.1, -0.05) is 24.6 Å². The van der Waals surface area contributed by atoms with Crippen LogP contribution in [0.5, 0.6) is 5.88 Å². The zero-order valence-corrected chi connectivity index (χ0v) is 15.0. The van der Waals surface area contributed by atoms with Crippen molar-refractivity contribution in [3.05, 3.63) is 6.20 Å². The number of thioether (sulfide) groups is 1. The highest BCUT2D eigenvalue weighted by molar-refractivity contribution is 7.99. The third kappa shape index (κ3) is 3.55. The first-order chi connectivity index (χ1) is 11.6. The first-order valence-corrected chi connectivity index (χ1v) is 8.96. The van der Waals surface area contributed by atoms with Crippen LogP contribution in [0.15, 0.2) is 11.4 Å². The quantitative estimate of drug-likeness (QED) is 0.792. The summed E-state index contributed by atoms with van der Waals surface area (Å²) < 4.78 is 8.80. The van der Waals surface area contributed by atoms with Crippen molar-refractivity contribution < 1.29 is 9.53 Å². The van der Waals surface area contributed by atoms with Gasteiger partial charge in [-0.25, -0.2) is 0 Å². The molecular weight excluding hydrogens is 328 g/mol. The van der Waals surface area contributed by atoms with Crippen molar-refractivity contribution in [2.45, 2.75) is 36.9 Å². The Morgan fingerprint density at radius 1 is 1.38 bits per heavy atom. The topological polar surface area (TPSA) is 86.9 Å². The summed E-state index contributed by atoms with van der Waals surface area (Å²) >= 11 is 1.38. The summed E-state index contributed by atoms with van der Waals surface area (Å²) in [5, 5.41) is 16.4. The van der Waals surface area contributed by atoms with E-state index in [9.17, 15) is 4.79 Å². The van der Waals surface area contributed by atoms with Gasteiger partial charge in [0.2, 0.25) is 11.8 Å². The average Bonchev–Trinajstić information content (AvgIpc) is 3.26. The first kappa shape index (κ1) is 16.8. The molecule has 2 heterocycles. The highest BCUT2D eigenvalue weighted by Gasteiger charge is 2.20. The van der Waals surface area contributed by atoms with Crippen LogP contribution in [-0.2, 0) is 18.9 Å². The molecule has 130 valence electrons. The molecule has 0 radical (unpaired) electrons. The van der Waals surface area contributed by atoms with Gasteiger partial charge in [0.1, 0.15) is 5.56 Å². The summed E-state index contributed by atoms with van der Waals surface area (Å²) in [7, 11) is 5.27. The fourth-order valence-corrected chi connectivity index (χ4v) is 3.64. The fourth-order valence-electron chi connectivity index (χ4n) is 2.92. The van der Waals surface area contributed by atoms with Crippen molar-refractivity contribution in [2.75, 3.05) is 12.9 Å². The predicted molar refractivity (Wildman–Crippen MR) is 90.9 cm³/mol. The second-order valence-corrected chi connectivity index (χ2v) is 6.87. The summed E-state index contributed by atoms with van der Waals surface area (Å²) in [6, 6.07) is 0.341. The lowest BCUT2D eigenvalue weighted by Gasteiger charge is -2.11. The second-order valence-electron chi connectivity index (χ2n) is 5.93. The summed E-state index contributed by atoms with van der Waals surface area (Å²) in [5.41, 5.74) is 0.775. The van der Waals surface area contributed by atoms with E-state index in [1.54, 1.807) is 11.8 Å². The van der Waals surface area contributed by atoms with Gasteiger partial charge in [0.25, 0.3) is 0 Å². The number of aryl methyl sites for hydroxylation is 1. The molecule has 1 aliphatic rings. The van der Waals surface area contributed by atoms with Gasteiger partial charge in [-0.2, -0.15) is 0 Å². The third-order valence-electron chi connectivity index (χ3n) is 4.12. The molecule has 0 bridgehead atoms. The van der Waals surface area contributed by atoms with E-state index >= 15 is 0 Å². The number of carbonyl (C=O) groups is 1. The van der Waals surface area contributed by atoms with E-state index in [1.165, 1.54) is 24.6 Å². The number of rotatable bonds is 6. The molecule has 2 aromatic heterocycles. The van der Waals surface area contributed by atoms with Crippen LogP contribution in [0.4, 0.5) is 0 Å². The van der Waals surface area contributed by atoms with E-state index in [0.29, 0.717) is 28.7 Å². The van der Waals surface area contributed by atoms with E-state index in [1.807, 2.05) is 24.9 Å². The summed E-state index contributed by atoms with van der Waals surface area (Å²) in [4.78, 5) is 12.0. The van der Waals surface area contributed by atoms with Gasteiger partial charge in [-0.15, -0.1) is 15.3 Å². The molecule has 24 heavy (non-hydrogen) atoms. The van der Waals surface area contributed by atoms with Crippen LogP contribution >= 0.6 is 11.8 Å². The highest BCUT2D eigenvalue weighted by atomic mass is 32.2. The molecule has 1 fully saturated rings. The van der Waals surface area contributed by atoms with Gasteiger partial charge in [0, 0.05) is 26.3 Å². The van der Waals surface area contributed by atoms with Crippen LogP contribution in [0, 0.1) is 0 Å². The Morgan fingerprint density at radius 2 is 2.12 bits per heavy atom. The summed E-state index contributed by atoms with van der Waals surface area (Å²) in [5.74, 6) is 1.56. The van der Waals surface area contributed by atoms with Crippen molar-refractivity contribution >= 4 is 17.7 Å². The molecule has 0 aliphatic heterocycles. The zero-order chi connectivity index (χ0) is 17.1. The van der Waals surface area contributed by atoms with E-state index in [0.717, 1.165) is 18.4 Å². The average molecular weight is 350 g/mol. The van der Waals surface area contributed by atoms with Gasteiger partial charge >= 0.3 is 0 Å². The van der Waals surface area contributed by atoms with Crippen molar-refractivity contribution in [2.24, 2.45) is 14.1 Å². The van der Waals surface area contributed by atoms with Crippen LogP contribution in [0.1, 0.15) is 25.7 Å². The zero-order valence-electron chi connectivity index (χ0n) is 14.2. The van der Waals surface area contributed by atoms with Crippen molar-refractivity contribution in [1.82, 2.24) is 29.9 Å². The molecular formula is C15H22N6O2S. The molecule has 0 saturated heterocycles. The molecule has 0 unspecified atom stereocenters. The molecule has 8 nitrogen and oxygen atoms in total. The smallest absolute Gasteiger partial charge is 0.243 e. The molecule has 1 aliphatic carbocycles. The van der Waals surface area contributed by atoms with E-state index in [-0.39, 0.29) is 5.91 Å². The standard InChI is InChI=1S/C15H22N6O2S/c1-20-8-11(14(19-20)23-3)13-17-18-15(21(13)2)24-9-12(22)16-10-6-4-5-7-10/h8,10H,4-7,9H2,1-3H3,(H,16,22). The Hall–Kier alpha value is -2.03. The van der Waals surface area contributed by atoms with E-state index in [4.69, 9.17) is 4.74 Å². The first-order valence-electron chi connectivity index (χ1n) is 7.98. The molecule has 1 N–H and O–H groups in total. The largest absolute Gasteiger partial charge is 0.479 e. The maximum absolute atomic E-state index is 12.0. The van der Waals surface area contributed by atoms with Gasteiger partial charge in [-0.3, -0.25) is 9.48 Å². The maximum atomic E-state index is 12.0. The Morgan fingerprint density at radius 3 is 2.83 bits per heavy atom. The minimum atomic E-state index is 0.0513. The van der Waals surface area contributed by atoms with Crippen LogP contribution in [-0.4, -0.2) is 49.4 Å². The minimum absolute atomic E-state index is 0.0513. The third-order valence-corrected chi connectivity index (χ3v) is 5.14. The van der Waals surface area contributed by atoms with Gasteiger partial charge in [0.15, 0.2) is 11.0 Å². The normalized spacial score (nSPS) is 15.0. The van der Waals surface area contributed by atoms with Gasteiger partial charge in [-0.05, 0) is 12.8 Å².